The van der Waals surface area contributed by atoms with Crippen LogP contribution in [0.2, 0.25) is 0 Å². The lowest BCUT2D eigenvalue weighted by Crippen LogP contribution is -2.38. The van der Waals surface area contributed by atoms with Crippen LogP contribution in [0.25, 0.3) is 0 Å². The Morgan fingerprint density at radius 3 is 2.60 bits per heavy atom. The summed E-state index contributed by atoms with van der Waals surface area (Å²) >= 11 is 3.59. The molecule has 0 radical (unpaired) electrons. The Morgan fingerprint density at radius 2 is 2.00 bits per heavy atom. The van der Waals surface area contributed by atoms with Gasteiger partial charge in [-0.2, -0.15) is 0 Å². The van der Waals surface area contributed by atoms with Gasteiger partial charge in [-0.25, -0.2) is 0 Å². The van der Waals surface area contributed by atoms with Crippen LogP contribution in [0.5, 0.6) is 0 Å². The van der Waals surface area contributed by atoms with Crippen LogP contribution < -0.4 is 0 Å². The lowest BCUT2D eigenvalue weighted by Gasteiger charge is -2.32. The molecule has 2 N–H and O–H groups in total. The van der Waals surface area contributed by atoms with E-state index in [-0.39, 0.29) is 12.2 Å². The summed E-state index contributed by atoms with van der Waals surface area (Å²) < 4.78 is 5.84. The van der Waals surface area contributed by atoms with E-state index in [9.17, 15) is 10.2 Å². The van der Waals surface area contributed by atoms with E-state index in [1.54, 1.807) is 0 Å². The van der Waals surface area contributed by atoms with Gasteiger partial charge in [-0.1, -0.05) is 22.9 Å². The molecule has 3 nitrogen and oxygen atoms in total. The van der Waals surface area contributed by atoms with E-state index in [0.717, 1.165) is 12.8 Å². The zero-order valence-electron chi connectivity index (χ0n) is 9.40. The summed E-state index contributed by atoms with van der Waals surface area (Å²) in [5.41, 5.74) is 0. The van der Waals surface area contributed by atoms with Crippen LogP contribution in [-0.4, -0.2) is 39.5 Å². The van der Waals surface area contributed by atoms with Crippen molar-refractivity contribution < 1.29 is 14.9 Å². The highest BCUT2D eigenvalue weighted by Gasteiger charge is 2.28. The molecular weight excluding hydrogens is 260 g/mol. The minimum Gasteiger partial charge on any atom is -0.390 e. The topological polar surface area (TPSA) is 49.7 Å². The highest BCUT2D eigenvalue weighted by Crippen LogP contribution is 2.25. The highest BCUT2D eigenvalue weighted by atomic mass is 79.9. The molecular formula is C11H21BrO3. The van der Waals surface area contributed by atoms with Crippen LogP contribution in [0, 0.1) is 0 Å². The number of aliphatic hydroxyl groups is 2. The molecule has 0 spiro atoms. The molecule has 1 rings (SSSR count). The molecule has 0 aromatic carbocycles. The normalized spacial score (nSPS) is 40.6. The van der Waals surface area contributed by atoms with Crippen molar-refractivity contribution in [3.05, 3.63) is 0 Å². The second-order valence-electron chi connectivity index (χ2n) is 4.36. The predicted octanol–water partition coefficient (Wildman–Crippen LogP) is 1.84. The zero-order valence-corrected chi connectivity index (χ0v) is 11.0. The van der Waals surface area contributed by atoms with Gasteiger partial charge in [0.15, 0.2) is 0 Å². The Morgan fingerprint density at radius 1 is 1.33 bits per heavy atom. The number of hydrogen-bond donors (Lipinski definition) is 2. The number of rotatable bonds is 2. The molecule has 1 aliphatic rings. The van der Waals surface area contributed by atoms with Gasteiger partial charge in [-0.15, -0.1) is 0 Å². The SMILES string of the molecule is CC[C@@H](Br)[C@H]1CC[C@H](O)[C@H](O)C[C@@H](C)O1. The van der Waals surface area contributed by atoms with Gasteiger partial charge in [0.05, 0.1) is 24.4 Å². The summed E-state index contributed by atoms with van der Waals surface area (Å²) in [5.74, 6) is 0. The van der Waals surface area contributed by atoms with Crippen LogP contribution in [0.15, 0.2) is 0 Å². The van der Waals surface area contributed by atoms with Gasteiger partial charge in [0.1, 0.15) is 0 Å². The molecule has 0 aromatic rings. The van der Waals surface area contributed by atoms with E-state index in [2.05, 4.69) is 22.9 Å². The molecule has 0 amide bonds. The fraction of sp³-hybridized carbons (Fsp3) is 1.00. The van der Waals surface area contributed by atoms with E-state index in [1.807, 2.05) is 6.92 Å². The van der Waals surface area contributed by atoms with Gasteiger partial charge in [-0.3, -0.25) is 0 Å². The van der Waals surface area contributed by atoms with Crippen molar-refractivity contribution in [2.45, 2.75) is 68.8 Å². The number of aliphatic hydroxyl groups excluding tert-OH is 2. The van der Waals surface area contributed by atoms with Gasteiger partial charge in [0.25, 0.3) is 0 Å². The van der Waals surface area contributed by atoms with E-state index in [1.165, 1.54) is 0 Å². The Kier molecular flexibility index (Phi) is 5.53. The summed E-state index contributed by atoms with van der Waals surface area (Å²) in [7, 11) is 0. The number of hydrogen-bond acceptors (Lipinski definition) is 3. The first kappa shape index (κ1) is 13.4. The van der Waals surface area contributed by atoms with Crippen molar-refractivity contribution >= 4 is 15.9 Å². The third kappa shape index (κ3) is 4.02. The lowest BCUT2D eigenvalue weighted by atomic mass is 9.97. The predicted molar refractivity (Wildman–Crippen MR) is 63.2 cm³/mol. The summed E-state index contributed by atoms with van der Waals surface area (Å²) in [4.78, 5) is 0.336. The first-order valence-corrected chi connectivity index (χ1v) is 6.61. The average molecular weight is 281 g/mol. The number of halogens is 1. The average Bonchev–Trinajstić information content (AvgIpc) is 2.20. The Bertz CT molecular complexity index is 189. The monoisotopic (exact) mass is 280 g/mol. The Balaban J connectivity index is 2.55. The van der Waals surface area contributed by atoms with E-state index in [4.69, 9.17) is 4.74 Å². The maximum atomic E-state index is 9.65. The second kappa shape index (κ2) is 6.18. The quantitative estimate of drug-likeness (QED) is 0.759. The van der Waals surface area contributed by atoms with Crippen LogP contribution in [0.1, 0.15) is 39.5 Å². The summed E-state index contributed by atoms with van der Waals surface area (Å²) in [6, 6.07) is 0. The van der Waals surface area contributed by atoms with Gasteiger partial charge >= 0.3 is 0 Å². The largest absolute Gasteiger partial charge is 0.390 e. The van der Waals surface area contributed by atoms with Crippen molar-refractivity contribution in [2.24, 2.45) is 0 Å². The number of alkyl halides is 1. The third-order valence-corrected chi connectivity index (χ3v) is 4.20. The second-order valence-corrected chi connectivity index (χ2v) is 5.53. The van der Waals surface area contributed by atoms with E-state index >= 15 is 0 Å². The van der Waals surface area contributed by atoms with Gasteiger partial charge in [-0.05, 0) is 26.2 Å². The third-order valence-electron chi connectivity index (χ3n) is 2.97. The molecule has 0 aliphatic carbocycles. The van der Waals surface area contributed by atoms with Crippen molar-refractivity contribution in [3.8, 4) is 0 Å². The summed E-state index contributed by atoms with van der Waals surface area (Å²) in [6.07, 6.45) is 1.84. The fourth-order valence-corrected chi connectivity index (χ4v) is 2.36. The van der Waals surface area contributed by atoms with Crippen molar-refractivity contribution in [1.82, 2.24) is 0 Å². The first-order valence-electron chi connectivity index (χ1n) is 5.70. The smallest absolute Gasteiger partial charge is 0.0823 e. The Hall–Kier alpha value is 0.360. The van der Waals surface area contributed by atoms with E-state index in [0.29, 0.717) is 17.7 Å². The molecule has 1 fully saturated rings. The standard InChI is InChI=1S/C11H21BrO3/c1-3-8(12)11-5-4-9(13)10(14)6-7(2)15-11/h7-11,13-14H,3-6H2,1-2H3/t7-,8-,9+,10-,11-/m1/s1. The maximum Gasteiger partial charge on any atom is 0.0823 e. The molecule has 1 saturated heterocycles. The Labute approximate surface area is 100.0 Å². The fourth-order valence-electron chi connectivity index (χ4n) is 1.98. The van der Waals surface area contributed by atoms with E-state index < -0.39 is 12.2 Å². The lowest BCUT2D eigenvalue weighted by molar-refractivity contribution is -0.0839. The van der Waals surface area contributed by atoms with Gasteiger partial charge in [0.2, 0.25) is 0 Å². The molecule has 0 unspecified atom stereocenters. The molecule has 1 heterocycles. The summed E-state index contributed by atoms with van der Waals surface area (Å²) in [6.45, 7) is 4.06. The van der Waals surface area contributed by atoms with Gasteiger partial charge < -0.3 is 14.9 Å². The van der Waals surface area contributed by atoms with Crippen LogP contribution in [-0.2, 0) is 4.74 Å². The van der Waals surface area contributed by atoms with Crippen LogP contribution in [0.3, 0.4) is 0 Å². The van der Waals surface area contributed by atoms with Crippen molar-refractivity contribution in [2.75, 3.05) is 0 Å². The minimum absolute atomic E-state index is 0.00606. The van der Waals surface area contributed by atoms with Crippen LogP contribution in [0.4, 0.5) is 0 Å². The molecule has 90 valence electrons. The van der Waals surface area contributed by atoms with Crippen molar-refractivity contribution in [3.63, 3.8) is 0 Å². The van der Waals surface area contributed by atoms with Crippen molar-refractivity contribution in [1.29, 1.82) is 0 Å². The highest BCUT2D eigenvalue weighted by molar-refractivity contribution is 9.09. The molecule has 1 aliphatic heterocycles. The number of ether oxygens (including phenoxy) is 1. The first-order chi connectivity index (χ1) is 7.04. The van der Waals surface area contributed by atoms with Gasteiger partial charge in [0, 0.05) is 11.2 Å². The molecule has 4 heteroatoms. The van der Waals surface area contributed by atoms with Crippen LogP contribution >= 0.6 is 15.9 Å². The molecule has 15 heavy (non-hydrogen) atoms. The molecule has 0 bridgehead atoms. The molecule has 5 atom stereocenters. The molecule has 0 saturated carbocycles. The minimum atomic E-state index is -0.642. The zero-order chi connectivity index (χ0) is 11.4. The molecule has 0 aromatic heterocycles. The summed E-state index contributed by atoms with van der Waals surface area (Å²) in [5, 5.41) is 19.2. The maximum absolute atomic E-state index is 9.65.